The Morgan fingerprint density at radius 3 is 2.44 bits per heavy atom. The van der Waals surface area contributed by atoms with Crippen molar-refractivity contribution in [2.75, 3.05) is 38.2 Å². The van der Waals surface area contributed by atoms with Crippen molar-refractivity contribution >= 4 is 11.6 Å². The molecule has 27 heavy (non-hydrogen) atoms. The van der Waals surface area contributed by atoms with E-state index in [9.17, 15) is 9.59 Å². The third-order valence-electron chi connectivity index (χ3n) is 4.82. The first-order valence-electron chi connectivity index (χ1n) is 9.33. The number of carbonyl (C=O) groups excluding carboxylic acids is 1. The van der Waals surface area contributed by atoms with Crippen LogP contribution in [0.4, 0.5) is 5.69 Å². The number of nitrogens with zero attached hydrogens (tertiary/aromatic N) is 4. The molecular formula is C20H26N4O3. The van der Waals surface area contributed by atoms with Gasteiger partial charge in [0.1, 0.15) is 12.3 Å². The third kappa shape index (κ3) is 4.67. The van der Waals surface area contributed by atoms with Crippen molar-refractivity contribution in [1.82, 2.24) is 14.5 Å². The Hall–Kier alpha value is -2.83. The summed E-state index contributed by atoms with van der Waals surface area (Å²) in [5.74, 6) is 0.785. The van der Waals surface area contributed by atoms with E-state index in [-0.39, 0.29) is 18.0 Å². The van der Waals surface area contributed by atoms with Gasteiger partial charge in [0.25, 0.3) is 5.56 Å². The van der Waals surface area contributed by atoms with Crippen LogP contribution in [-0.4, -0.2) is 53.6 Å². The highest BCUT2D eigenvalue weighted by molar-refractivity contribution is 5.76. The van der Waals surface area contributed by atoms with Crippen LogP contribution in [0.25, 0.3) is 0 Å². The monoisotopic (exact) mass is 370 g/mol. The fourth-order valence-electron chi connectivity index (χ4n) is 3.23. The molecule has 3 rings (SSSR count). The number of hydrogen-bond acceptors (Lipinski definition) is 5. The molecule has 1 saturated heterocycles. The van der Waals surface area contributed by atoms with E-state index < -0.39 is 0 Å². The van der Waals surface area contributed by atoms with Crippen LogP contribution in [0, 0.1) is 0 Å². The van der Waals surface area contributed by atoms with Gasteiger partial charge in [-0.3, -0.25) is 14.2 Å². The topological polar surface area (TPSA) is 67.7 Å². The number of piperazine rings is 1. The SMILES string of the molecule is CCCc1cc(=O)n(CC(=O)N2CCN(c3ccc(OC)cc3)CC2)cn1. The van der Waals surface area contributed by atoms with Gasteiger partial charge in [-0.25, -0.2) is 4.98 Å². The van der Waals surface area contributed by atoms with Crippen molar-refractivity contribution in [1.29, 1.82) is 0 Å². The standard InChI is InChI=1S/C20H26N4O3/c1-3-4-16-13-19(25)24(15-21-16)14-20(26)23-11-9-22(10-12-23)17-5-7-18(27-2)8-6-17/h5-8,13,15H,3-4,9-12,14H2,1-2H3. The molecule has 2 heterocycles. The number of anilines is 1. The summed E-state index contributed by atoms with van der Waals surface area (Å²) in [5.41, 5.74) is 1.73. The Morgan fingerprint density at radius 2 is 1.85 bits per heavy atom. The molecule has 0 unspecified atom stereocenters. The molecule has 0 radical (unpaired) electrons. The Balaban J connectivity index is 1.56. The lowest BCUT2D eigenvalue weighted by Crippen LogP contribution is -2.50. The fourth-order valence-corrected chi connectivity index (χ4v) is 3.23. The van der Waals surface area contributed by atoms with Gasteiger partial charge in [0.2, 0.25) is 5.91 Å². The lowest BCUT2D eigenvalue weighted by atomic mass is 10.2. The van der Waals surface area contributed by atoms with Crippen LogP contribution >= 0.6 is 0 Å². The van der Waals surface area contributed by atoms with E-state index >= 15 is 0 Å². The minimum atomic E-state index is -0.168. The van der Waals surface area contributed by atoms with Crippen molar-refractivity contribution in [3.8, 4) is 5.75 Å². The molecule has 1 fully saturated rings. The van der Waals surface area contributed by atoms with Crippen LogP contribution in [0.2, 0.25) is 0 Å². The van der Waals surface area contributed by atoms with Gasteiger partial charge in [-0.2, -0.15) is 0 Å². The van der Waals surface area contributed by atoms with Gasteiger partial charge in [-0.15, -0.1) is 0 Å². The maximum atomic E-state index is 12.6. The maximum absolute atomic E-state index is 12.6. The maximum Gasteiger partial charge on any atom is 0.253 e. The van der Waals surface area contributed by atoms with Gasteiger partial charge in [0, 0.05) is 43.6 Å². The summed E-state index contributed by atoms with van der Waals surface area (Å²) < 4.78 is 6.57. The Bertz CT molecular complexity index is 824. The van der Waals surface area contributed by atoms with Crippen LogP contribution in [0.1, 0.15) is 19.0 Å². The minimum Gasteiger partial charge on any atom is -0.497 e. The van der Waals surface area contributed by atoms with Crippen molar-refractivity contribution in [2.24, 2.45) is 0 Å². The summed E-state index contributed by atoms with van der Waals surface area (Å²) >= 11 is 0. The van der Waals surface area contributed by atoms with Gasteiger partial charge in [-0.05, 0) is 30.7 Å². The smallest absolute Gasteiger partial charge is 0.253 e. The second-order valence-electron chi connectivity index (χ2n) is 6.66. The Morgan fingerprint density at radius 1 is 1.15 bits per heavy atom. The van der Waals surface area contributed by atoms with Gasteiger partial charge in [0.05, 0.1) is 13.4 Å². The van der Waals surface area contributed by atoms with E-state index in [2.05, 4.69) is 9.88 Å². The normalized spacial score (nSPS) is 14.3. The average Bonchev–Trinajstić information content (AvgIpc) is 2.70. The van der Waals surface area contributed by atoms with Crippen LogP contribution < -0.4 is 15.2 Å². The van der Waals surface area contributed by atoms with Crippen LogP contribution in [0.15, 0.2) is 41.5 Å². The van der Waals surface area contributed by atoms with E-state index in [4.69, 9.17) is 4.74 Å². The number of aryl methyl sites for hydroxylation is 1. The van der Waals surface area contributed by atoms with E-state index in [1.54, 1.807) is 7.11 Å². The summed E-state index contributed by atoms with van der Waals surface area (Å²) in [4.78, 5) is 33.0. The minimum absolute atomic E-state index is 0.0424. The summed E-state index contributed by atoms with van der Waals surface area (Å²) in [6, 6.07) is 9.46. The molecule has 0 bridgehead atoms. The summed E-state index contributed by atoms with van der Waals surface area (Å²) in [6.45, 7) is 4.90. The lowest BCUT2D eigenvalue weighted by molar-refractivity contribution is -0.132. The highest BCUT2D eigenvalue weighted by atomic mass is 16.5. The van der Waals surface area contributed by atoms with E-state index in [1.807, 2.05) is 36.1 Å². The van der Waals surface area contributed by atoms with Crippen LogP contribution in [0.5, 0.6) is 5.75 Å². The van der Waals surface area contributed by atoms with Gasteiger partial charge in [-0.1, -0.05) is 13.3 Å². The second kappa shape index (κ2) is 8.70. The van der Waals surface area contributed by atoms with E-state index in [0.29, 0.717) is 13.1 Å². The molecule has 2 aromatic rings. The molecule has 144 valence electrons. The van der Waals surface area contributed by atoms with Crippen molar-refractivity contribution in [2.45, 2.75) is 26.3 Å². The van der Waals surface area contributed by atoms with Gasteiger partial charge in [0.15, 0.2) is 0 Å². The Kier molecular flexibility index (Phi) is 6.11. The highest BCUT2D eigenvalue weighted by Crippen LogP contribution is 2.20. The largest absolute Gasteiger partial charge is 0.497 e. The molecule has 0 N–H and O–H groups in total. The number of aromatic nitrogens is 2. The van der Waals surface area contributed by atoms with Gasteiger partial charge < -0.3 is 14.5 Å². The molecular weight excluding hydrogens is 344 g/mol. The van der Waals surface area contributed by atoms with Crippen molar-refractivity contribution in [3.63, 3.8) is 0 Å². The second-order valence-corrected chi connectivity index (χ2v) is 6.66. The molecule has 1 aliphatic heterocycles. The third-order valence-corrected chi connectivity index (χ3v) is 4.82. The average molecular weight is 370 g/mol. The van der Waals surface area contributed by atoms with Crippen molar-refractivity contribution in [3.05, 3.63) is 52.7 Å². The number of carbonyl (C=O) groups is 1. The predicted molar refractivity (Wildman–Crippen MR) is 104 cm³/mol. The zero-order valence-corrected chi connectivity index (χ0v) is 15.9. The predicted octanol–water partition coefficient (Wildman–Crippen LogP) is 1.55. The molecule has 1 aliphatic rings. The first kappa shape index (κ1) is 18.9. The van der Waals surface area contributed by atoms with E-state index in [1.165, 1.54) is 17.0 Å². The molecule has 0 spiro atoms. The molecule has 7 nitrogen and oxygen atoms in total. The number of benzene rings is 1. The molecule has 1 aromatic carbocycles. The molecule has 0 saturated carbocycles. The fraction of sp³-hybridized carbons (Fsp3) is 0.450. The van der Waals surface area contributed by atoms with Gasteiger partial charge >= 0.3 is 0 Å². The lowest BCUT2D eigenvalue weighted by Gasteiger charge is -2.36. The number of methoxy groups -OCH3 is 1. The molecule has 1 amide bonds. The highest BCUT2D eigenvalue weighted by Gasteiger charge is 2.21. The number of rotatable bonds is 6. The van der Waals surface area contributed by atoms with Crippen LogP contribution in [0.3, 0.4) is 0 Å². The summed E-state index contributed by atoms with van der Waals surface area (Å²) in [5, 5.41) is 0. The number of amides is 1. The number of hydrogen-bond donors (Lipinski definition) is 0. The number of ether oxygens (including phenoxy) is 1. The van der Waals surface area contributed by atoms with E-state index in [0.717, 1.165) is 43.1 Å². The zero-order valence-electron chi connectivity index (χ0n) is 15.9. The first-order valence-corrected chi connectivity index (χ1v) is 9.33. The quantitative estimate of drug-likeness (QED) is 0.772. The van der Waals surface area contributed by atoms with Crippen molar-refractivity contribution < 1.29 is 9.53 Å². The first-order chi connectivity index (χ1) is 13.1. The molecule has 7 heteroatoms. The molecule has 0 atom stereocenters. The summed E-state index contributed by atoms with van der Waals surface area (Å²) in [6.07, 6.45) is 3.20. The molecule has 0 aliphatic carbocycles. The Labute approximate surface area is 159 Å². The molecule has 1 aromatic heterocycles. The zero-order chi connectivity index (χ0) is 19.2. The van der Waals surface area contributed by atoms with Crippen LogP contribution in [-0.2, 0) is 17.8 Å². The summed E-state index contributed by atoms with van der Waals surface area (Å²) in [7, 11) is 1.65.